The van der Waals surface area contributed by atoms with Crippen molar-refractivity contribution in [3.05, 3.63) is 88.8 Å². The van der Waals surface area contributed by atoms with E-state index in [0.717, 1.165) is 5.56 Å². The molecule has 3 aromatic carbocycles. The van der Waals surface area contributed by atoms with E-state index >= 15 is 0 Å². The smallest absolute Gasteiger partial charge is 0.347 e. The fraction of sp³-hybridized carbons (Fsp3) is 0.125. The van der Waals surface area contributed by atoms with Crippen molar-refractivity contribution < 1.29 is 13.9 Å². The van der Waals surface area contributed by atoms with Gasteiger partial charge in [0.25, 0.3) is 5.91 Å². The highest BCUT2D eigenvalue weighted by atomic mass is 16.5. The molecule has 0 aliphatic heterocycles. The fourth-order valence-electron chi connectivity index (χ4n) is 2.96. The number of ether oxygens (including phenoxy) is 1. The number of fused-ring (bicyclic) bond motifs is 1. The van der Waals surface area contributed by atoms with Gasteiger partial charge in [0.2, 0.25) is 5.89 Å². The largest absolute Gasteiger partial charge is 0.481 e. The third-order valence-corrected chi connectivity index (χ3v) is 4.64. The Bertz CT molecular complexity index is 1240. The van der Waals surface area contributed by atoms with Crippen LogP contribution in [0.3, 0.4) is 0 Å². The zero-order valence-corrected chi connectivity index (χ0v) is 16.6. The van der Waals surface area contributed by atoms with E-state index in [1.54, 1.807) is 49.4 Å². The van der Waals surface area contributed by atoms with Crippen molar-refractivity contribution in [2.24, 2.45) is 0 Å². The molecule has 150 valence electrons. The lowest BCUT2D eigenvalue weighted by molar-refractivity contribution is -0.122. The summed E-state index contributed by atoms with van der Waals surface area (Å²) in [5.41, 5.74) is 2.50. The van der Waals surface area contributed by atoms with Gasteiger partial charge in [-0.25, -0.2) is 9.78 Å². The van der Waals surface area contributed by atoms with Crippen LogP contribution in [0.15, 0.2) is 82.0 Å². The van der Waals surface area contributed by atoms with Gasteiger partial charge in [-0.3, -0.25) is 4.79 Å². The highest BCUT2D eigenvalue weighted by Gasteiger charge is 2.15. The number of rotatable bonds is 5. The van der Waals surface area contributed by atoms with Gasteiger partial charge in [0.1, 0.15) is 5.75 Å². The maximum absolute atomic E-state index is 12.4. The SMILES string of the molecule is Cc1ccc(OC(C)C(=O)Nc2ccc(-c3nc4ccccc4c(=O)o3)cc2)cc1. The Morgan fingerprint density at radius 2 is 1.70 bits per heavy atom. The van der Waals surface area contributed by atoms with Crippen LogP contribution in [-0.4, -0.2) is 17.0 Å². The quantitative estimate of drug-likeness (QED) is 0.531. The van der Waals surface area contributed by atoms with Gasteiger partial charge < -0.3 is 14.5 Å². The lowest BCUT2D eigenvalue weighted by Gasteiger charge is -2.15. The second-order valence-electron chi connectivity index (χ2n) is 6.96. The molecule has 1 N–H and O–H groups in total. The van der Waals surface area contributed by atoms with Crippen LogP contribution in [0.4, 0.5) is 5.69 Å². The second-order valence-corrected chi connectivity index (χ2v) is 6.96. The van der Waals surface area contributed by atoms with Gasteiger partial charge in [-0.1, -0.05) is 29.8 Å². The number of aryl methyl sites for hydroxylation is 1. The molecule has 4 rings (SSSR count). The molecule has 0 aliphatic carbocycles. The number of nitrogens with zero attached hydrogens (tertiary/aromatic N) is 1. The van der Waals surface area contributed by atoms with Crippen LogP contribution in [-0.2, 0) is 4.79 Å². The van der Waals surface area contributed by atoms with Crippen molar-refractivity contribution in [3.63, 3.8) is 0 Å². The Kier molecular flexibility index (Phi) is 5.30. The van der Waals surface area contributed by atoms with E-state index in [1.807, 2.05) is 37.3 Å². The summed E-state index contributed by atoms with van der Waals surface area (Å²) in [5.74, 6) is 0.599. The Morgan fingerprint density at radius 1 is 1.00 bits per heavy atom. The highest BCUT2D eigenvalue weighted by Crippen LogP contribution is 2.21. The summed E-state index contributed by atoms with van der Waals surface area (Å²) in [7, 11) is 0. The minimum absolute atomic E-state index is 0.229. The molecular formula is C24H20N2O4. The summed E-state index contributed by atoms with van der Waals surface area (Å²) in [6.45, 7) is 3.68. The molecule has 6 heteroatoms. The molecule has 0 saturated carbocycles. The summed E-state index contributed by atoms with van der Waals surface area (Å²) in [6.07, 6.45) is -0.660. The number of hydrogen-bond acceptors (Lipinski definition) is 5. The summed E-state index contributed by atoms with van der Waals surface area (Å²) in [4.78, 5) is 29.0. The first-order valence-electron chi connectivity index (χ1n) is 9.54. The van der Waals surface area contributed by atoms with Crippen LogP contribution in [0.25, 0.3) is 22.4 Å². The Labute approximate surface area is 173 Å². The van der Waals surface area contributed by atoms with Gasteiger partial charge in [-0.15, -0.1) is 0 Å². The third-order valence-electron chi connectivity index (χ3n) is 4.64. The van der Waals surface area contributed by atoms with Crippen LogP contribution in [0, 0.1) is 6.92 Å². The molecule has 0 aliphatic rings. The minimum Gasteiger partial charge on any atom is -0.481 e. The lowest BCUT2D eigenvalue weighted by Crippen LogP contribution is -2.30. The van der Waals surface area contributed by atoms with Crippen molar-refractivity contribution >= 4 is 22.5 Å². The molecule has 0 radical (unpaired) electrons. The monoisotopic (exact) mass is 400 g/mol. The molecule has 6 nitrogen and oxygen atoms in total. The van der Waals surface area contributed by atoms with Crippen molar-refractivity contribution in [3.8, 4) is 17.2 Å². The number of aromatic nitrogens is 1. The van der Waals surface area contributed by atoms with Gasteiger partial charge in [-0.2, -0.15) is 0 Å². The number of benzene rings is 3. The predicted octanol–water partition coefficient (Wildman–Crippen LogP) is 4.57. The number of para-hydroxylation sites is 1. The maximum atomic E-state index is 12.4. The molecule has 30 heavy (non-hydrogen) atoms. The first kappa shape index (κ1) is 19.4. The first-order valence-corrected chi connectivity index (χ1v) is 9.54. The van der Waals surface area contributed by atoms with E-state index < -0.39 is 11.7 Å². The van der Waals surface area contributed by atoms with Crippen molar-refractivity contribution in [2.45, 2.75) is 20.0 Å². The molecule has 0 saturated heterocycles. The molecule has 1 amide bonds. The normalized spacial score (nSPS) is 11.8. The summed E-state index contributed by atoms with van der Waals surface area (Å²) in [5, 5.41) is 3.25. The summed E-state index contributed by atoms with van der Waals surface area (Å²) < 4.78 is 11.0. The topological polar surface area (TPSA) is 81.4 Å². The Balaban J connectivity index is 1.46. The number of anilines is 1. The number of carbonyl (C=O) groups excluding carboxylic acids is 1. The molecule has 1 unspecified atom stereocenters. The van der Waals surface area contributed by atoms with E-state index in [1.165, 1.54) is 0 Å². The van der Waals surface area contributed by atoms with Crippen molar-refractivity contribution in [1.29, 1.82) is 0 Å². The van der Waals surface area contributed by atoms with Gasteiger partial charge >= 0.3 is 5.63 Å². The standard InChI is InChI=1S/C24H20N2O4/c1-15-7-13-19(14-8-15)29-16(2)22(27)25-18-11-9-17(10-12-18)23-26-21-6-4-3-5-20(21)24(28)30-23/h3-14,16H,1-2H3,(H,25,27). The van der Waals surface area contributed by atoms with Crippen LogP contribution in [0.2, 0.25) is 0 Å². The third kappa shape index (κ3) is 4.22. The van der Waals surface area contributed by atoms with Gasteiger partial charge in [0.15, 0.2) is 6.10 Å². The van der Waals surface area contributed by atoms with Crippen molar-refractivity contribution in [2.75, 3.05) is 5.32 Å². The van der Waals surface area contributed by atoms with Crippen LogP contribution in [0.5, 0.6) is 5.75 Å². The first-order chi connectivity index (χ1) is 14.5. The lowest BCUT2D eigenvalue weighted by atomic mass is 10.2. The molecule has 4 aromatic rings. The number of hydrogen-bond donors (Lipinski definition) is 1. The average Bonchev–Trinajstić information content (AvgIpc) is 2.76. The van der Waals surface area contributed by atoms with E-state index in [-0.39, 0.29) is 11.8 Å². The number of amides is 1. The van der Waals surface area contributed by atoms with Crippen LogP contribution < -0.4 is 15.7 Å². The molecule has 1 aromatic heterocycles. The molecule has 1 atom stereocenters. The maximum Gasteiger partial charge on any atom is 0.347 e. The minimum atomic E-state index is -0.660. The van der Waals surface area contributed by atoms with Crippen molar-refractivity contribution in [1.82, 2.24) is 4.98 Å². The number of carbonyl (C=O) groups is 1. The second kappa shape index (κ2) is 8.21. The van der Waals surface area contributed by atoms with Gasteiger partial charge in [0, 0.05) is 11.3 Å². The molecule has 1 heterocycles. The average molecular weight is 400 g/mol. The van der Waals surface area contributed by atoms with E-state index in [4.69, 9.17) is 9.15 Å². The zero-order chi connectivity index (χ0) is 21.1. The molecule has 0 fully saturated rings. The zero-order valence-electron chi connectivity index (χ0n) is 16.6. The molecule has 0 spiro atoms. The van der Waals surface area contributed by atoms with Crippen LogP contribution in [0.1, 0.15) is 12.5 Å². The van der Waals surface area contributed by atoms with Gasteiger partial charge in [-0.05, 0) is 62.4 Å². The number of nitrogens with one attached hydrogen (secondary N) is 1. The molecular weight excluding hydrogens is 380 g/mol. The predicted molar refractivity (Wildman–Crippen MR) is 116 cm³/mol. The van der Waals surface area contributed by atoms with Gasteiger partial charge in [0.05, 0.1) is 10.9 Å². The summed E-state index contributed by atoms with van der Waals surface area (Å²) >= 11 is 0. The molecule has 0 bridgehead atoms. The Morgan fingerprint density at radius 3 is 2.43 bits per heavy atom. The van der Waals surface area contributed by atoms with E-state index in [2.05, 4.69) is 10.3 Å². The summed E-state index contributed by atoms with van der Waals surface area (Å²) in [6, 6.07) is 21.5. The van der Waals surface area contributed by atoms with Crippen LogP contribution >= 0.6 is 0 Å². The Hall–Kier alpha value is -3.93. The fourth-order valence-corrected chi connectivity index (χ4v) is 2.96. The van der Waals surface area contributed by atoms with E-state index in [0.29, 0.717) is 27.9 Å². The highest BCUT2D eigenvalue weighted by molar-refractivity contribution is 5.94. The van der Waals surface area contributed by atoms with E-state index in [9.17, 15) is 9.59 Å².